The molecule has 1 aliphatic rings. The third kappa shape index (κ3) is 3.24. The smallest absolute Gasteiger partial charge is 0.435 e. The number of nitrogens with one attached hydrogen (secondary N) is 1. The van der Waals surface area contributed by atoms with Crippen LogP contribution in [0.4, 0.5) is 23.8 Å². The quantitative estimate of drug-likeness (QED) is 0.852. The molecule has 0 unspecified atom stereocenters. The van der Waals surface area contributed by atoms with Gasteiger partial charge < -0.3 is 15.3 Å². The molecule has 1 atom stereocenters. The van der Waals surface area contributed by atoms with E-state index in [0.717, 1.165) is 6.07 Å². The molecule has 1 amide bonds. The molecule has 1 aromatic heterocycles. The Morgan fingerprint density at radius 3 is 2.68 bits per heavy atom. The molecule has 0 radical (unpaired) electrons. The SMILES string of the molecule is O=C(O)N[C@@H]1CCN(c2ccc(C(F)(F)F)nn2)C1. The summed E-state index contributed by atoms with van der Waals surface area (Å²) >= 11 is 0. The Kier molecular flexibility index (Phi) is 3.45. The minimum absolute atomic E-state index is 0.249. The maximum Gasteiger partial charge on any atom is 0.435 e. The lowest BCUT2D eigenvalue weighted by atomic mass is 10.3. The third-order valence-corrected chi connectivity index (χ3v) is 2.78. The van der Waals surface area contributed by atoms with E-state index in [4.69, 9.17) is 5.11 Å². The molecule has 0 aromatic carbocycles. The maximum atomic E-state index is 12.3. The summed E-state index contributed by atoms with van der Waals surface area (Å²) < 4.78 is 36.9. The number of alkyl halides is 3. The Morgan fingerprint density at radius 1 is 1.42 bits per heavy atom. The number of anilines is 1. The first-order valence-corrected chi connectivity index (χ1v) is 5.51. The van der Waals surface area contributed by atoms with E-state index in [9.17, 15) is 18.0 Å². The molecule has 1 aromatic rings. The topological polar surface area (TPSA) is 78.4 Å². The van der Waals surface area contributed by atoms with Gasteiger partial charge in [-0.3, -0.25) is 0 Å². The van der Waals surface area contributed by atoms with Gasteiger partial charge in [-0.25, -0.2) is 4.79 Å². The molecule has 9 heteroatoms. The van der Waals surface area contributed by atoms with Crippen molar-refractivity contribution in [3.63, 3.8) is 0 Å². The number of hydrogen-bond acceptors (Lipinski definition) is 4. The number of carboxylic acid groups (broad SMARTS) is 1. The van der Waals surface area contributed by atoms with E-state index >= 15 is 0 Å². The van der Waals surface area contributed by atoms with Crippen LogP contribution >= 0.6 is 0 Å². The van der Waals surface area contributed by atoms with Crippen LogP contribution in [0, 0.1) is 0 Å². The average molecular weight is 276 g/mol. The first-order chi connectivity index (χ1) is 8.86. The molecule has 0 bridgehead atoms. The van der Waals surface area contributed by atoms with Crippen molar-refractivity contribution in [2.75, 3.05) is 18.0 Å². The van der Waals surface area contributed by atoms with Gasteiger partial charge in [-0.15, -0.1) is 10.2 Å². The zero-order valence-electron chi connectivity index (χ0n) is 9.68. The van der Waals surface area contributed by atoms with Crippen molar-refractivity contribution < 1.29 is 23.1 Å². The zero-order chi connectivity index (χ0) is 14.0. The molecule has 6 nitrogen and oxygen atoms in total. The van der Waals surface area contributed by atoms with Gasteiger partial charge in [0.05, 0.1) is 6.04 Å². The van der Waals surface area contributed by atoms with Gasteiger partial charge >= 0.3 is 12.3 Å². The number of halogens is 3. The highest BCUT2D eigenvalue weighted by Gasteiger charge is 2.33. The van der Waals surface area contributed by atoms with E-state index in [-0.39, 0.29) is 6.04 Å². The normalized spacial score (nSPS) is 19.5. The van der Waals surface area contributed by atoms with Crippen LogP contribution in [0.2, 0.25) is 0 Å². The molecule has 0 aliphatic carbocycles. The van der Waals surface area contributed by atoms with Crippen molar-refractivity contribution in [1.29, 1.82) is 0 Å². The van der Waals surface area contributed by atoms with Gasteiger partial charge in [0.2, 0.25) is 0 Å². The summed E-state index contributed by atoms with van der Waals surface area (Å²) in [7, 11) is 0. The van der Waals surface area contributed by atoms with Crippen molar-refractivity contribution in [3.05, 3.63) is 17.8 Å². The second-order valence-corrected chi connectivity index (χ2v) is 4.16. The van der Waals surface area contributed by atoms with Gasteiger partial charge in [0, 0.05) is 13.1 Å². The highest BCUT2D eigenvalue weighted by atomic mass is 19.4. The minimum atomic E-state index is -4.51. The van der Waals surface area contributed by atoms with E-state index in [1.165, 1.54) is 6.07 Å². The first-order valence-electron chi connectivity index (χ1n) is 5.51. The van der Waals surface area contributed by atoms with Crippen LogP contribution in [-0.2, 0) is 6.18 Å². The molecular weight excluding hydrogens is 265 g/mol. The molecule has 104 valence electrons. The summed E-state index contributed by atoms with van der Waals surface area (Å²) in [6.07, 6.45) is -5.05. The second-order valence-electron chi connectivity index (χ2n) is 4.16. The lowest BCUT2D eigenvalue weighted by Gasteiger charge is -2.17. The molecule has 1 aliphatic heterocycles. The summed E-state index contributed by atoms with van der Waals surface area (Å²) in [6.45, 7) is 0.886. The Bertz CT molecular complexity index is 463. The van der Waals surface area contributed by atoms with E-state index in [1.54, 1.807) is 4.90 Å². The molecular formula is C10H11F3N4O2. The average Bonchev–Trinajstić information content (AvgIpc) is 2.75. The number of aromatic nitrogens is 2. The fraction of sp³-hybridized carbons (Fsp3) is 0.500. The predicted octanol–water partition coefficient (Wildman–Crippen LogP) is 1.34. The Labute approximate surface area is 106 Å². The standard InChI is InChI=1S/C10H11F3N4O2/c11-10(12,13)7-1-2-8(16-15-7)17-4-3-6(5-17)14-9(18)19/h1-2,6,14H,3-5H2,(H,18,19)/t6-/m1/s1. The number of rotatable bonds is 2. The minimum Gasteiger partial charge on any atom is -0.465 e. The van der Waals surface area contributed by atoms with Gasteiger partial charge in [-0.05, 0) is 18.6 Å². The summed E-state index contributed by atoms with van der Waals surface area (Å²) in [4.78, 5) is 12.2. The second kappa shape index (κ2) is 4.90. The Balaban J connectivity index is 2.02. The van der Waals surface area contributed by atoms with E-state index in [1.807, 2.05) is 0 Å². The highest BCUT2D eigenvalue weighted by molar-refractivity contribution is 5.65. The van der Waals surface area contributed by atoms with Crippen molar-refractivity contribution in [2.24, 2.45) is 0 Å². The Morgan fingerprint density at radius 2 is 2.16 bits per heavy atom. The van der Waals surface area contributed by atoms with Gasteiger partial charge in [-0.1, -0.05) is 0 Å². The van der Waals surface area contributed by atoms with Crippen molar-refractivity contribution in [3.8, 4) is 0 Å². The monoisotopic (exact) mass is 276 g/mol. The fourth-order valence-corrected chi connectivity index (χ4v) is 1.91. The highest BCUT2D eigenvalue weighted by Crippen LogP contribution is 2.28. The molecule has 2 N–H and O–H groups in total. The van der Waals surface area contributed by atoms with Gasteiger partial charge in [0.15, 0.2) is 11.5 Å². The lowest BCUT2D eigenvalue weighted by Crippen LogP contribution is -2.36. The summed E-state index contributed by atoms with van der Waals surface area (Å²) in [5.41, 5.74) is -1.05. The maximum absolute atomic E-state index is 12.3. The Hall–Kier alpha value is -2.06. The molecule has 0 saturated carbocycles. The van der Waals surface area contributed by atoms with Crippen LogP contribution < -0.4 is 10.2 Å². The predicted molar refractivity (Wildman–Crippen MR) is 58.8 cm³/mol. The zero-order valence-corrected chi connectivity index (χ0v) is 9.68. The van der Waals surface area contributed by atoms with E-state index in [0.29, 0.717) is 25.3 Å². The van der Waals surface area contributed by atoms with Crippen molar-refractivity contribution >= 4 is 11.9 Å². The molecule has 2 heterocycles. The third-order valence-electron chi connectivity index (χ3n) is 2.78. The van der Waals surface area contributed by atoms with Gasteiger partial charge in [-0.2, -0.15) is 13.2 Å². The van der Waals surface area contributed by atoms with Crippen LogP contribution in [0.1, 0.15) is 12.1 Å². The van der Waals surface area contributed by atoms with E-state index < -0.39 is 18.0 Å². The van der Waals surface area contributed by atoms with Crippen LogP contribution in [0.5, 0.6) is 0 Å². The summed E-state index contributed by atoms with van der Waals surface area (Å²) in [5.74, 6) is 0.308. The summed E-state index contributed by atoms with van der Waals surface area (Å²) in [5, 5.41) is 17.5. The van der Waals surface area contributed by atoms with Crippen LogP contribution in [-0.4, -0.2) is 40.5 Å². The van der Waals surface area contributed by atoms with Gasteiger partial charge in [0.25, 0.3) is 0 Å². The number of amides is 1. The van der Waals surface area contributed by atoms with Crippen LogP contribution in [0.15, 0.2) is 12.1 Å². The first kappa shape index (κ1) is 13.4. The van der Waals surface area contributed by atoms with E-state index in [2.05, 4.69) is 15.5 Å². The van der Waals surface area contributed by atoms with Crippen LogP contribution in [0.3, 0.4) is 0 Å². The summed E-state index contributed by atoms with van der Waals surface area (Å²) in [6, 6.07) is 1.85. The largest absolute Gasteiger partial charge is 0.465 e. The molecule has 2 rings (SSSR count). The lowest BCUT2D eigenvalue weighted by molar-refractivity contribution is -0.141. The fourth-order valence-electron chi connectivity index (χ4n) is 1.91. The molecule has 1 saturated heterocycles. The van der Waals surface area contributed by atoms with Crippen LogP contribution in [0.25, 0.3) is 0 Å². The molecule has 0 spiro atoms. The van der Waals surface area contributed by atoms with Crippen molar-refractivity contribution in [1.82, 2.24) is 15.5 Å². The number of nitrogens with zero attached hydrogens (tertiary/aromatic N) is 3. The molecule has 19 heavy (non-hydrogen) atoms. The molecule has 1 fully saturated rings. The van der Waals surface area contributed by atoms with Gasteiger partial charge in [0.1, 0.15) is 0 Å². The number of carbonyl (C=O) groups is 1. The number of hydrogen-bond donors (Lipinski definition) is 2. The van der Waals surface area contributed by atoms with Crippen molar-refractivity contribution in [2.45, 2.75) is 18.6 Å².